The maximum absolute atomic E-state index is 13.5. The van der Waals surface area contributed by atoms with Gasteiger partial charge in [0.1, 0.15) is 29.8 Å². The van der Waals surface area contributed by atoms with Crippen LogP contribution in [0, 0.1) is 0 Å². The van der Waals surface area contributed by atoms with Crippen molar-refractivity contribution >= 4 is 23.9 Å². The zero-order chi connectivity index (χ0) is 33.3. The van der Waals surface area contributed by atoms with Gasteiger partial charge < -0.3 is 30.4 Å². The van der Waals surface area contributed by atoms with Crippen LogP contribution >= 0.6 is 0 Å². The number of ether oxygens (including phenoxy) is 1. The number of benzene rings is 3. The number of carbonyl (C=O) groups is 4. The number of alkyl carbamates (subject to hydrolysis) is 1. The molecule has 2 atom stereocenters. The second-order valence-electron chi connectivity index (χ2n) is 11.8. The van der Waals surface area contributed by atoms with Gasteiger partial charge in [0.25, 0.3) is 0 Å². The zero-order valence-electron chi connectivity index (χ0n) is 26.3. The number of carboxylic acid groups (broad SMARTS) is 1. The Morgan fingerprint density at radius 1 is 0.804 bits per heavy atom. The molecular weight excluding hydrogens is 586 g/mol. The SMILES string of the molecule is C[C@H](NC(=O)[C@H](Cc1cn(C(c2ccccc2)(c2ccccc2)c2ccccc2)cn1)NC(=O)OC(C)(C)C)C(=O)NCC(=O)O. The minimum absolute atomic E-state index is 0.0318. The normalized spacial score (nSPS) is 12.8. The predicted octanol–water partition coefficient (Wildman–Crippen LogP) is 3.86. The Morgan fingerprint density at radius 2 is 1.30 bits per heavy atom. The molecule has 4 rings (SSSR count). The zero-order valence-corrected chi connectivity index (χ0v) is 26.3. The minimum atomic E-state index is -1.22. The Kier molecular flexibility index (Phi) is 10.6. The summed E-state index contributed by atoms with van der Waals surface area (Å²) in [5, 5.41) is 16.3. The molecule has 0 aliphatic rings. The van der Waals surface area contributed by atoms with Crippen molar-refractivity contribution in [1.82, 2.24) is 25.5 Å². The highest BCUT2D eigenvalue weighted by Gasteiger charge is 2.38. The first kappa shape index (κ1) is 33.4. The molecule has 11 nitrogen and oxygen atoms in total. The molecule has 4 aromatic rings. The van der Waals surface area contributed by atoms with Crippen molar-refractivity contribution in [3.05, 3.63) is 126 Å². The van der Waals surface area contributed by atoms with E-state index in [4.69, 9.17) is 9.84 Å². The highest BCUT2D eigenvalue weighted by molar-refractivity contribution is 5.92. The Balaban J connectivity index is 1.72. The summed E-state index contributed by atoms with van der Waals surface area (Å²) in [4.78, 5) is 54.2. The summed E-state index contributed by atoms with van der Waals surface area (Å²) in [6, 6.07) is 27.8. The van der Waals surface area contributed by atoms with Crippen molar-refractivity contribution in [3.8, 4) is 0 Å². The van der Waals surface area contributed by atoms with Crippen LogP contribution in [0.2, 0.25) is 0 Å². The molecule has 0 fully saturated rings. The van der Waals surface area contributed by atoms with E-state index in [2.05, 4.69) is 57.3 Å². The smallest absolute Gasteiger partial charge is 0.408 e. The number of aliphatic carboxylic acids is 1. The van der Waals surface area contributed by atoms with Crippen LogP contribution in [0.5, 0.6) is 0 Å². The number of aromatic nitrogens is 2. The van der Waals surface area contributed by atoms with Gasteiger partial charge in [-0.3, -0.25) is 14.4 Å². The van der Waals surface area contributed by atoms with E-state index in [1.54, 1.807) is 27.1 Å². The van der Waals surface area contributed by atoms with E-state index >= 15 is 0 Å². The Labute approximate surface area is 268 Å². The maximum atomic E-state index is 13.5. The van der Waals surface area contributed by atoms with Gasteiger partial charge in [-0.25, -0.2) is 9.78 Å². The second-order valence-corrected chi connectivity index (χ2v) is 11.8. The van der Waals surface area contributed by atoms with Gasteiger partial charge in [0.05, 0.1) is 12.0 Å². The number of nitrogens with zero attached hydrogens (tertiary/aromatic N) is 2. The molecule has 1 aromatic heterocycles. The Bertz CT molecular complexity index is 1540. The largest absolute Gasteiger partial charge is 0.480 e. The number of hydrogen-bond donors (Lipinski definition) is 4. The van der Waals surface area contributed by atoms with E-state index in [1.807, 2.05) is 65.4 Å². The number of imidazole rings is 1. The summed E-state index contributed by atoms with van der Waals surface area (Å²) in [7, 11) is 0. The third kappa shape index (κ3) is 8.17. The quantitative estimate of drug-likeness (QED) is 0.175. The van der Waals surface area contributed by atoms with Gasteiger partial charge in [0.2, 0.25) is 11.8 Å². The van der Waals surface area contributed by atoms with Gasteiger partial charge in [-0.1, -0.05) is 91.0 Å². The first-order valence-corrected chi connectivity index (χ1v) is 14.9. The molecule has 46 heavy (non-hydrogen) atoms. The lowest BCUT2D eigenvalue weighted by Crippen LogP contribution is -2.54. The third-order valence-corrected chi connectivity index (χ3v) is 7.18. The molecule has 11 heteroatoms. The average molecular weight is 626 g/mol. The fourth-order valence-corrected chi connectivity index (χ4v) is 5.20. The van der Waals surface area contributed by atoms with Crippen molar-refractivity contribution < 1.29 is 29.0 Å². The van der Waals surface area contributed by atoms with Gasteiger partial charge in [-0.2, -0.15) is 0 Å². The van der Waals surface area contributed by atoms with E-state index in [1.165, 1.54) is 6.92 Å². The maximum Gasteiger partial charge on any atom is 0.408 e. The summed E-state index contributed by atoms with van der Waals surface area (Å²) in [6.07, 6.45) is 2.69. The molecule has 0 bridgehead atoms. The monoisotopic (exact) mass is 625 g/mol. The average Bonchev–Trinajstić information content (AvgIpc) is 3.49. The number of amides is 3. The van der Waals surface area contributed by atoms with Crippen LogP contribution in [-0.2, 0) is 31.1 Å². The summed E-state index contributed by atoms with van der Waals surface area (Å²) >= 11 is 0. The lowest BCUT2D eigenvalue weighted by atomic mass is 9.77. The highest BCUT2D eigenvalue weighted by Crippen LogP contribution is 2.40. The van der Waals surface area contributed by atoms with Gasteiger partial charge >= 0.3 is 12.1 Å². The minimum Gasteiger partial charge on any atom is -0.480 e. The lowest BCUT2D eigenvalue weighted by Gasteiger charge is -2.37. The first-order valence-electron chi connectivity index (χ1n) is 14.9. The van der Waals surface area contributed by atoms with Crippen LogP contribution in [0.4, 0.5) is 4.79 Å². The van der Waals surface area contributed by atoms with Crippen molar-refractivity contribution in [2.45, 2.75) is 57.3 Å². The molecule has 0 radical (unpaired) electrons. The number of hydrogen-bond acceptors (Lipinski definition) is 6. The molecular formula is C35H39N5O6. The van der Waals surface area contributed by atoms with Gasteiger partial charge in [-0.15, -0.1) is 0 Å². The molecule has 0 unspecified atom stereocenters. The summed E-state index contributed by atoms with van der Waals surface area (Å²) in [5.41, 5.74) is 1.79. The molecule has 240 valence electrons. The Hall–Kier alpha value is -5.45. The predicted molar refractivity (Wildman–Crippen MR) is 172 cm³/mol. The highest BCUT2D eigenvalue weighted by atomic mass is 16.6. The molecule has 0 aliphatic heterocycles. The lowest BCUT2D eigenvalue weighted by molar-refractivity contribution is -0.138. The van der Waals surface area contributed by atoms with Crippen molar-refractivity contribution in [2.75, 3.05) is 6.54 Å². The molecule has 0 aliphatic carbocycles. The van der Waals surface area contributed by atoms with Crippen LogP contribution in [0.15, 0.2) is 104 Å². The van der Waals surface area contributed by atoms with E-state index < -0.39 is 53.6 Å². The fraction of sp³-hybridized carbons (Fsp3) is 0.286. The van der Waals surface area contributed by atoms with Crippen LogP contribution in [0.1, 0.15) is 50.1 Å². The molecule has 0 spiro atoms. The van der Waals surface area contributed by atoms with E-state index in [9.17, 15) is 19.2 Å². The number of rotatable bonds is 12. The summed E-state index contributed by atoms with van der Waals surface area (Å²) in [5.74, 6) is -2.57. The summed E-state index contributed by atoms with van der Waals surface area (Å²) < 4.78 is 7.40. The van der Waals surface area contributed by atoms with Crippen LogP contribution in [-0.4, -0.2) is 62.8 Å². The van der Waals surface area contributed by atoms with Crippen molar-refractivity contribution in [2.24, 2.45) is 0 Å². The molecule has 1 heterocycles. The second kappa shape index (κ2) is 14.6. The van der Waals surface area contributed by atoms with E-state index in [-0.39, 0.29) is 6.42 Å². The summed E-state index contributed by atoms with van der Waals surface area (Å²) in [6.45, 7) is 5.93. The van der Waals surface area contributed by atoms with Gasteiger partial charge in [0, 0.05) is 12.6 Å². The molecule has 0 saturated heterocycles. The standard InChI is InChI=1S/C35H39N5O6/c1-24(31(43)36-21-30(41)42)38-32(44)29(39-33(45)46-34(2,3)4)20-28-22-40(23-37-28)35(25-14-8-5-9-15-25,26-16-10-6-11-17-26)27-18-12-7-13-19-27/h5-19,22-24,29H,20-21H2,1-4H3,(H,36,43)(H,38,44)(H,39,45)(H,41,42)/t24-,29-/m0/s1. The third-order valence-electron chi connectivity index (χ3n) is 7.18. The fourth-order valence-electron chi connectivity index (χ4n) is 5.20. The first-order chi connectivity index (χ1) is 21.9. The number of nitrogens with one attached hydrogen (secondary N) is 3. The van der Waals surface area contributed by atoms with E-state index in [0.717, 1.165) is 16.7 Å². The van der Waals surface area contributed by atoms with Crippen LogP contribution in [0.3, 0.4) is 0 Å². The van der Waals surface area contributed by atoms with E-state index in [0.29, 0.717) is 5.69 Å². The molecule has 3 aromatic carbocycles. The topological polar surface area (TPSA) is 152 Å². The molecule has 3 amide bonds. The van der Waals surface area contributed by atoms with Crippen LogP contribution in [0.25, 0.3) is 0 Å². The molecule has 4 N–H and O–H groups in total. The molecule has 0 saturated carbocycles. The number of carboxylic acids is 1. The van der Waals surface area contributed by atoms with Crippen molar-refractivity contribution in [3.63, 3.8) is 0 Å². The Morgan fingerprint density at radius 3 is 1.76 bits per heavy atom. The van der Waals surface area contributed by atoms with Crippen LogP contribution < -0.4 is 16.0 Å². The van der Waals surface area contributed by atoms with Gasteiger partial charge in [0.15, 0.2) is 0 Å². The number of carbonyl (C=O) groups excluding carboxylic acids is 3. The van der Waals surface area contributed by atoms with Crippen molar-refractivity contribution in [1.29, 1.82) is 0 Å². The van der Waals surface area contributed by atoms with Gasteiger partial charge in [-0.05, 0) is 44.4 Å².